The monoisotopic (exact) mass is 354 g/mol. The molecule has 0 aliphatic carbocycles. The van der Waals surface area contributed by atoms with E-state index in [0.717, 1.165) is 39.1 Å². The van der Waals surface area contributed by atoms with Crippen LogP contribution in [-0.2, 0) is 16.0 Å². The lowest BCUT2D eigenvalue weighted by Crippen LogP contribution is -2.05. The summed E-state index contributed by atoms with van der Waals surface area (Å²) in [6.07, 6.45) is 3.51. The zero-order chi connectivity index (χ0) is 18.8. The molecule has 0 radical (unpaired) electrons. The van der Waals surface area contributed by atoms with Gasteiger partial charge in [0.1, 0.15) is 0 Å². The molecule has 27 heavy (non-hydrogen) atoms. The topological polar surface area (TPSA) is 72.2 Å². The predicted molar refractivity (Wildman–Crippen MR) is 108 cm³/mol. The fourth-order valence-corrected chi connectivity index (χ4v) is 3.33. The molecule has 1 heterocycles. The van der Waals surface area contributed by atoms with Gasteiger partial charge in [-0.3, -0.25) is 9.59 Å². The van der Waals surface area contributed by atoms with E-state index >= 15 is 0 Å². The highest BCUT2D eigenvalue weighted by Crippen LogP contribution is 2.34. The molecule has 0 aromatic heterocycles. The molecule has 4 nitrogen and oxygen atoms in total. The summed E-state index contributed by atoms with van der Waals surface area (Å²) in [5.41, 5.74) is 12.1. The van der Waals surface area contributed by atoms with Crippen LogP contribution >= 0.6 is 0 Å². The summed E-state index contributed by atoms with van der Waals surface area (Å²) in [4.78, 5) is 22.9. The average molecular weight is 354 g/mol. The second kappa shape index (κ2) is 6.92. The predicted octanol–water partition coefficient (Wildman–Crippen LogP) is 4.01. The van der Waals surface area contributed by atoms with Crippen molar-refractivity contribution >= 4 is 23.6 Å². The van der Waals surface area contributed by atoms with Crippen molar-refractivity contribution < 1.29 is 9.59 Å². The largest absolute Gasteiger partial charge is 0.366 e. The van der Waals surface area contributed by atoms with Gasteiger partial charge in [0.2, 0.25) is 11.8 Å². The Hall–Kier alpha value is -3.66. The Morgan fingerprint density at radius 3 is 2.48 bits per heavy atom. The number of hydrogen-bond acceptors (Lipinski definition) is 2. The van der Waals surface area contributed by atoms with E-state index in [2.05, 4.69) is 11.4 Å². The molecule has 3 N–H and O–H groups in total. The molecule has 0 spiro atoms. The van der Waals surface area contributed by atoms with Crippen molar-refractivity contribution in [1.82, 2.24) is 0 Å². The summed E-state index contributed by atoms with van der Waals surface area (Å²) in [6.45, 7) is 0. The number of rotatable bonds is 4. The van der Waals surface area contributed by atoms with Gasteiger partial charge in [0.25, 0.3) is 0 Å². The van der Waals surface area contributed by atoms with Gasteiger partial charge in [0, 0.05) is 11.8 Å². The molecule has 3 aromatic carbocycles. The summed E-state index contributed by atoms with van der Waals surface area (Å²) in [5, 5.41) is 2.88. The van der Waals surface area contributed by atoms with Crippen molar-refractivity contribution in [3.8, 4) is 22.3 Å². The van der Waals surface area contributed by atoms with Gasteiger partial charge in [-0.1, -0.05) is 54.6 Å². The van der Waals surface area contributed by atoms with E-state index in [1.54, 1.807) is 6.08 Å². The summed E-state index contributed by atoms with van der Waals surface area (Å²) in [5.74, 6) is -0.484. The molecule has 0 fully saturated rings. The van der Waals surface area contributed by atoms with Crippen LogP contribution in [0.15, 0.2) is 72.8 Å². The smallest absolute Gasteiger partial charge is 0.241 e. The number of carbonyl (C=O) groups is 2. The van der Waals surface area contributed by atoms with Gasteiger partial charge in [0.15, 0.2) is 0 Å². The Bertz CT molecular complexity index is 1070. The Kier molecular flexibility index (Phi) is 4.30. The highest BCUT2D eigenvalue weighted by atomic mass is 16.2. The van der Waals surface area contributed by atoms with Crippen LogP contribution in [0.4, 0.5) is 5.69 Å². The maximum atomic E-state index is 11.6. The first kappa shape index (κ1) is 16.8. The number of hydrogen-bond donors (Lipinski definition) is 2. The third-order valence-corrected chi connectivity index (χ3v) is 4.63. The quantitative estimate of drug-likeness (QED) is 0.695. The number of nitrogens with two attached hydrogens (primary N) is 1. The first-order chi connectivity index (χ1) is 13.1. The SMILES string of the molecule is NC(=O)C=Cc1cc(-c2ccccc2)ccc1-c1ccc2c(c1)NC(=O)C2. The number of fused-ring (bicyclic) bond motifs is 1. The van der Waals surface area contributed by atoms with E-state index in [1.807, 2.05) is 60.7 Å². The second-order valence-corrected chi connectivity index (χ2v) is 6.50. The minimum atomic E-state index is -0.493. The van der Waals surface area contributed by atoms with Crippen molar-refractivity contribution in [3.63, 3.8) is 0 Å². The number of anilines is 1. The van der Waals surface area contributed by atoms with Crippen LogP contribution < -0.4 is 11.1 Å². The fourth-order valence-electron chi connectivity index (χ4n) is 3.33. The molecule has 0 saturated carbocycles. The number of amides is 2. The van der Waals surface area contributed by atoms with E-state index < -0.39 is 5.91 Å². The molecule has 1 aliphatic heterocycles. The number of carbonyl (C=O) groups excluding carboxylic acids is 2. The van der Waals surface area contributed by atoms with Gasteiger partial charge in [0.05, 0.1) is 6.42 Å². The third-order valence-electron chi connectivity index (χ3n) is 4.63. The zero-order valence-electron chi connectivity index (χ0n) is 14.6. The van der Waals surface area contributed by atoms with Crippen molar-refractivity contribution in [2.24, 2.45) is 5.73 Å². The van der Waals surface area contributed by atoms with Gasteiger partial charge >= 0.3 is 0 Å². The van der Waals surface area contributed by atoms with E-state index in [9.17, 15) is 9.59 Å². The van der Waals surface area contributed by atoms with Crippen LogP contribution in [0.2, 0.25) is 0 Å². The standard InChI is InChI=1S/C23H18N2O2/c24-22(26)11-9-17-12-16(15-4-2-1-3-5-15)8-10-20(17)18-6-7-19-14-23(27)25-21(19)13-18/h1-13H,14H2,(H2,24,26)(H,25,27). The third kappa shape index (κ3) is 3.51. The van der Waals surface area contributed by atoms with Crippen LogP contribution in [0.25, 0.3) is 28.3 Å². The minimum Gasteiger partial charge on any atom is -0.366 e. The molecule has 0 saturated heterocycles. The Morgan fingerprint density at radius 1 is 0.926 bits per heavy atom. The van der Waals surface area contributed by atoms with Crippen molar-refractivity contribution in [2.45, 2.75) is 6.42 Å². The van der Waals surface area contributed by atoms with Crippen LogP contribution in [-0.4, -0.2) is 11.8 Å². The van der Waals surface area contributed by atoms with Crippen LogP contribution in [0, 0.1) is 0 Å². The second-order valence-electron chi connectivity index (χ2n) is 6.50. The maximum Gasteiger partial charge on any atom is 0.241 e. The molecule has 0 bridgehead atoms. The van der Waals surface area contributed by atoms with E-state index in [-0.39, 0.29) is 5.91 Å². The lowest BCUT2D eigenvalue weighted by molar-refractivity contribution is -0.115. The van der Waals surface area contributed by atoms with Crippen molar-refractivity contribution in [2.75, 3.05) is 5.32 Å². The van der Waals surface area contributed by atoms with E-state index in [4.69, 9.17) is 5.73 Å². The first-order valence-electron chi connectivity index (χ1n) is 8.70. The van der Waals surface area contributed by atoms with Gasteiger partial charge in [-0.2, -0.15) is 0 Å². The van der Waals surface area contributed by atoms with Crippen molar-refractivity contribution in [1.29, 1.82) is 0 Å². The molecular weight excluding hydrogens is 336 g/mol. The molecule has 0 unspecified atom stereocenters. The van der Waals surface area contributed by atoms with Crippen molar-refractivity contribution in [3.05, 3.63) is 83.9 Å². The summed E-state index contributed by atoms with van der Waals surface area (Å²) >= 11 is 0. The maximum absolute atomic E-state index is 11.6. The Morgan fingerprint density at radius 2 is 1.70 bits per heavy atom. The molecule has 4 rings (SSSR count). The van der Waals surface area contributed by atoms with E-state index in [1.165, 1.54) is 6.08 Å². The fraction of sp³-hybridized carbons (Fsp3) is 0.0435. The molecule has 3 aromatic rings. The first-order valence-corrected chi connectivity index (χ1v) is 8.70. The Balaban J connectivity index is 1.81. The van der Waals surface area contributed by atoms with Crippen LogP contribution in [0.1, 0.15) is 11.1 Å². The minimum absolute atomic E-state index is 0.00965. The molecule has 1 aliphatic rings. The normalized spacial score (nSPS) is 12.8. The Labute approximate surface area is 157 Å². The zero-order valence-corrected chi connectivity index (χ0v) is 14.6. The number of primary amides is 1. The highest BCUT2D eigenvalue weighted by molar-refractivity contribution is 6.00. The number of nitrogens with one attached hydrogen (secondary N) is 1. The number of benzene rings is 3. The van der Waals surface area contributed by atoms with E-state index in [0.29, 0.717) is 6.42 Å². The van der Waals surface area contributed by atoms with Gasteiger partial charge < -0.3 is 11.1 Å². The molecule has 4 heteroatoms. The van der Waals surface area contributed by atoms with Gasteiger partial charge in [-0.05, 0) is 51.6 Å². The van der Waals surface area contributed by atoms with Crippen LogP contribution in [0.5, 0.6) is 0 Å². The molecule has 0 atom stereocenters. The molecule has 2 amide bonds. The average Bonchev–Trinajstić information content (AvgIpc) is 3.06. The highest BCUT2D eigenvalue weighted by Gasteiger charge is 2.18. The summed E-state index contributed by atoms with van der Waals surface area (Å²) < 4.78 is 0. The van der Waals surface area contributed by atoms with Gasteiger partial charge in [-0.15, -0.1) is 0 Å². The summed E-state index contributed by atoms with van der Waals surface area (Å²) in [7, 11) is 0. The van der Waals surface area contributed by atoms with Gasteiger partial charge in [-0.25, -0.2) is 0 Å². The molecular formula is C23H18N2O2. The lowest BCUT2D eigenvalue weighted by atomic mass is 9.93. The molecule has 132 valence electrons. The lowest BCUT2D eigenvalue weighted by Gasteiger charge is -2.11. The van der Waals surface area contributed by atoms with Crippen LogP contribution in [0.3, 0.4) is 0 Å². The summed E-state index contributed by atoms with van der Waals surface area (Å²) in [6, 6.07) is 22.1.